The highest BCUT2D eigenvalue weighted by Gasteiger charge is 2.37. The standard InChI is InChI=1S/C15H9Cl2N3O3/c16-9-4-1-5-10(17)13(9)19-11(21)7-20-14(22)8-3-2-6-18-12(8)15(20)23/h1-6H,7H2,(H,19,21). The minimum absolute atomic E-state index is 0.0427. The summed E-state index contributed by atoms with van der Waals surface area (Å²) in [5.74, 6) is -1.75. The van der Waals surface area contributed by atoms with E-state index in [1.807, 2.05) is 0 Å². The molecule has 6 nitrogen and oxygen atoms in total. The second-order valence-electron chi connectivity index (χ2n) is 4.74. The molecule has 0 bridgehead atoms. The predicted octanol–water partition coefficient (Wildman–Crippen LogP) is 2.62. The molecule has 23 heavy (non-hydrogen) atoms. The van der Waals surface area contributed by atoms with E-state index in [2.05, 4.69) is 10.3 Å². The number of amides is 3. The van der Waals surface area contributed by atoms with Crippen molar-refractivity contribution < 1.29 is 14.4 Å². The van der Waals surface area contributed by atoms with Crippen molar-refractivity contribution in [1.82, 2.24) is 9.88 Å². The molecule has 1 aliphatic heterocycles. The van der Waals surface area contributed by atoms with Crippen molar-refractivity contribution in [2.75, 3.05) is 11.9 Å². The third-order valence-corrected chi connectivity index (χ3v) is 3.89. The molecule has 116 valence electrons. The van der Waals surface area contributed by atoms with Gasteiger partial charge in [-0.25, -0.2) is 0 Å². The molecule has 8 heteroatoms. The zero-order valence-corrected chi connectivity index (χ0v) is 13.1. The Bertz CT molecular complexity index is 783. The lowest BCUT2D eigenvalue weighted by Crippen LogP contribution is -2.37. The van der Waals surface area contributed by atoms with Gasteiger partial charge in [0.25, 0.3) is 11.8 Å². The van der Waals surface area contributed by atoms with Crippen LogP contribution in [-0.2, 0) is 4.79 Å². The summed E-state index contributed by atoms with van der Waals surface area (Å²) in [6, 6.07) is 7.81. The van der Waals surface area contributed by atoms with Gasteiger partial charge in [0, 0.05) is 6.20 Å². The molecular weight excluding hydrogens is 341 g/mol. The average molecular weight is 350 g/mol. The Labute approximate surface area is 141 Å². The third-order valence-electron chi connectivity index (χ3n) is 3.26. The molecule has 3 amide bonds. The van der Waals surface area contributed by atoms with Crippen molar-refractivity contribution in [3.8, 4) is 0 Å². The number of hydrogen-bond donors (Lipinski definition) is 1. The summed E-state index contributed by atoms with van der Waals surface area (Å²) < 4.78 is 0. The lowest BCUT2D eigenvalue weighted by molar-refractivity contribution is -0.116. The second-order valence-corrected chi connectivity index (χ2v) is 5.56. The van der Waals surface area contributed by atoms with Crippen LogP contribution in [-0.4, -0.2) is 34.2 Å². The third kappa shape index (κ3) is 2.78. The summed E-state index contributed by atoms with van der Waals surface area (Å²) in [4.78, 5) is 41.1. The summed E-state index contributed by atoms with van der Waals surface area (Å²) >= 11 is 11.9. The number of nitrogens with one attached hydrogen (secondary N) is 1. The van der Waals surface area contributed by atoms with Gasteiger partial charge in [0.1, 0.15) is 12.2 Å². The van der Waals surface area contributed by atoms with Crippen molar-refractivity contribution >= 4 is 46.6 Å². The average Bonchev–Trinajstić information content (AvgIpc) is 2.77. The summed E-state index contributed by atoms with van der Waals surface area (Å²) in [7, 11) is 0. The Balaban J connectivity index is 1.77. The maximum absolute atomic E-state index is 12.2. The molecule has 3 rings (SSSR count). The van der Waals surface area contributed by atoms with Crippen LogP contribution in [0.5, 0.6) is 0 Å². The van der Waals surface area contributed by atoms with Crippen LogP contribution < -0.4 is 5.32 Å². The minimum atomic E-state index is -0.606. The van der Waals surface area contributed by atoms with Crippen LogP contribution in [0.2, 0.25) is 10.0 Å². The summed E-state index contributed by atoms with van der Waals surface area (Å²) in [6.07, 6.45) is 1.41. The maximum atomic E-state index is 12.2. The van der Waals surface area contributed by atoms with Crippen molar-refractivity contribution in [3.63, 3.8) is 0 Å². The molecule has 0 atom stereocenters. The monoisotopic (exact) mass is 349 g/mol. The quantitative estimate of drug-likeness (QED) is 0.863. The number of benzene rings is 1. The second kappa shape index (κ2) is 5.98. The summed E-state index contributed by atoms with van der Waals surface area (Å²) in [5.41, 5.74) is 0.456. The number of carbonyl (C=O) groups is 3. The molecule has 1 aromatic carbocycles. The fourth-order valence-corrected chi connectivity index (χ4v) is 2.69. The number of nitrogens with zero attached hydrogens (tertiary/aromatic N) is 2. The SMILES string of the molecule is O=C(CN1C(=O)c2cccnc2C1=O)Nc1c(Cl)cccc1Cl. The van der Waals surface area contributed by atoms with Gasteiger partial charge in [0.05, 0.1) is 21.3 Å². The number of imide groups is 1. The first-order valence-corrected chi connectivity index (χ1v) is 7.29. The summed E-state index contributed by atoms with van der Waals surface area (Å²) in [6.45, 7) is -0.449. The van der Waals surface area contributed by atoms with Crippen LogP contribution in [0.15, 0.2) is 36.5 Å². The highest BCUT2D eigenvalue weighted by molar-refractivity contribution is 6.39. The van der Waals surface area contributed by atoms with E-state index in [-0.39, 0.29) is 27.0 Å². The normalized spacial score (nSPS) is 13.2. The molecule has 0 saturated carbocycles. The van der Waals surface area contributed by atoms with Crippen LogP contribution in [0.25, 0.3) is 0 Å². The van der Waals surface area contributed by atoms with Gasteiger partial charge < -0.3 is 5.32 Å². The van der Waals surface area contributed by atoms with E-state index in [9.17, 15) is 14.4 Å². The van der Waals surface area contributed by atoms with E-state index >= 15 is 0 Å². The van der Waals surface area contributed by atoms with Gasteiger partial charge in [-0.1, -0.05) is 29.3 Å². The van der Waals surface area contributed by atoms with E-state index in [0.717, 1.165) is 4.90 Å². The molecule has 0 aliphatic carbocycles. The van der Waals surface area contributed by atoms with Gasteiger partial charge in [0.2, 0.25) is 5.91 Å². The van der Waals surface area contributed by atoms with E-state index in [1.165, 1.54) is 12.3 Å². The largest absolute Gasteiger partial charge is 0.322 e. The Morgan fingerprint density at radius 2 is 1.78 bits per heavy atom. The maximum Gasteiger partial charge on any atom is 0.280 e. The number of hydrogen-bond acceptors (Lipinski definition) is 4. The summed E-state index contributed by atoms with van der Waals surface area (Å²) in [5, 5.41) is 3.02. The Kier molecular flexibility index (Phi) is 4.02. The van der Waals surface area contributed by atoms with E-state index < -0.39 is 24.3 Å². The fourth-order valence-electron chi connectivity index (χ4n) is 2.20. The van der Waals surface area contributed by atoms with Gasteiger partial charge in [-0.3, -0.25) is 24.3 Å². The molecule has 1 aromatic heterocycles. The molecule has 0 radical (unpaired) electrons. The lowest BCUT2D eigenvalue weighted by atomic mass is 10.2. The van der Waals surface area contributed by atoms with E-state index in [4.69, 9.17) is 23.2 Å². The zero-order valence-electron chi connectivity index (χ0n) is 11.5. The lowest BCUT2D eigenvalue weighted by Gasteiger charge is -2.14. The Morgan fingerprint density at radius 3 is 2.43 bits per heavy atom. The number of aromatic nitrogens is 1. The number of pyridine rings is 1. The van der Waals surface area contributed by atoms with Crippen molar-refractivity contribution in [2.24, 2.45) is 0 Å². The van der Waals surface area contributed by atoms with Gasteiger partial charge in [-0.15, -0.1) is 0 Å². The molecule has 2 aromatic rings. The van der Waals surface area contributed by atoms with Gasteiger partial charge in [0.15, 0.2) is 0 Å². The fraction of sp³-hybridized carbons (Fsp3) is 0.0667. The molecule has 0 saturated heterocycles. The molecule has 1 N–H and O–H groups in total. The number of carbonyl (C=O) groups excluding carboxylic acids is 3. The van der Waals surface area contributed by atoms with Crippen LogP contribution in [0.4, 0.5) is 5.69 Å². The van der Waals surface area contributed by atoms with Crippen molar-refractivity contribution in [2.45, 2.75) is 0 Å². The van der Waals surface area contributed by atoms with E-state index in [0.29, 0.717) is 0 Å². The van der Waals surface area contributed by atoms with Crippen LogP contribution in [0, 0.1) is 0 Å². The first-order valence-electron chi connectivity index (χ1n) is 6.54. The van der Waals surface area contributed by atoms with Crippen molar-refractivity contribution in [3.05, 3.63) is 57.8 Å². The van der Waals surface area contributed by atoms with Gasteiger partial charge in [-0.2, -0.15) is 0 Å². The highest BCUT2D eigenvalue weighted by Crippen LogP contribution is 2.30. The number of fused-ring (bicyclic) bond motifs is 1. The first kappa shape index (κ1) is 15.5. The highest BCUT2D eigenvalue weighted by atomic mass is 35.5. The Hall–Kier alpha value is -2.44. The predicted molar refractivity (Wildman–Crippen MR) is 84.7 cm³/mol. The topological polar surface area (TPSA) is 79.4 Å². The minimum Gasteiger partial charge on any atom is -0.322 e. The molecule has 0 spiro atoms. The van der Waals surface area contributed by atoms with Gasteiger partial charge >= 0.3 is 0 Å². The smallest absolute Gasteiger partial charge is 0.280 e. The van der Waals surface area contributed by atoms with Crippen LogP contribution in [0.3, 0.4) is 0 Å². The zero-order chi connectivity index (χ0) is 16.6. The van der Waals surface area contributed by atoms with Crippen LogP contribution in [0.1, 0.15) is 20.8 Å². The number of halogens is 2. The van der Waals surface area contributed by atoms with Gasteiger partial charge in [-0.05, 0) is 24.3 Å². The number of para-hydroxylation sites is 1. The molecule has 1 aliphatic rings. The molecule has 2 heterocycles. The van der Waals surface area contributed by atoms with Crippen molar-refractivity contribution in [1.29, 1.82) is 0 Å². The number of rotatable bonds is 3. The number of anilines is 1. The Morgan fingerprint density at radius 1 is 1.09 bits per heavy atom. The molecule has 0 fully saturated rings. The van der Waals surface area contributed by atoms with E-state index in [1.54, 1.807) is 24.3 Å². The first-order chi connectivity index (χ1) is 11.0. The molecule has 0 unspecified atom stereocenters. The van der Waals surface area contributed by atoms with Crippen LogP contribution >= 0.6 is 23.2 Å². The molecular formula is C15H9Cl2N3O3.